The highest BCUT2D eigenvalue weighted by atomic mass is 32.1. The molecule has 0 unspecified atom stereocenters. The number of anilines is 2. The number of carbonyl (C=O) groups is 1. The summed E-state index contributed by atoms with van der Waals surface area (Å²) in [7, 11) is 1.63. The van der Waals surface area contributed by atoms with Gasteiger partial charge in [-0.3, -0.25) is 4.79 Å². The summed E-state index contributed by atoms with van der Waals surface area (Å²) in [5.74, 6) is 0.375. The second-order valence-corrected chi connectivity index (χ2v) is 7.02. The second kappa shape index (κ2) is 9.48. The first-order valence-electron chi connectivity index (χ1n) is 9.12. The van der Waals surface area contributed by atoms with Crippen molar-refractivity contribution < 1.29 is 18.8 Å². The number of ether oxygens (including phenoxy) is 1. The maximum absolute atomic E-state index is 12.9. The molecule has 0 atom stereocenters. The van der Waals surface area contributed by atoms with Gasteiger partial charge in [0.2, 0.25) is 0 Å². The molecule has 1 amide bonds. The highest BCUT2D eigenvalue weighted by molar-refractivity contribution is 7.80. The molecule has 8 heteroatoms. The van der Waals surface area contributed by atoms with Gasteiger partial charge in [0.05, 0.1) is 33.3 Å². The number of nitrogens with zero attached hydrogens (tertiary/aromatic N) is 1. The van der Waals surface area contributed by atoms with Crippen LogP contribution in [0.4, 0.5) is 15.8 Å². The Morgan fingerprint density at radius 3 is 2.54 bits per heavy atom. The zero-order valence-corrected chi connectivity index (χ0v) is 16.5. The molecular formula is C20H24FN4O2S+. The number of nitrogens with one attached hydrogen (secondary N) is 3. The molecule has 148 valence electrons. The first-order valence-corrected chi connectivity index (χ1v) is 9.53. The highest BCUT2D eigenvalue weighted by Gasteiger charge is 2.23. The van der Waals surface area contributed by atoms with Gasteiger partial charge in [0.1, 0.15) is 11.6 Å². The minimum atomic E-state index is -0.321. The van der Waals surface area contributed by atoms with Crippen molar-refractivity contribution in [1.29, 1.82) is 0 Å². The zero-order valence-electron chi connectivity index (χ0n) is 15.7. The molecule has 1 heterocycles. The van der Waals surface area contributed by atoms with Crippen LogP contribution in [0.1, 0.15) is 0 Å². The van der Waals surface area contributed by atoms with E-state index in [4.69, 9.17) is 17.0 Å². The number of quaternary nitrogens is 1. The molecule has 0 spiro atoms. The molecule has 2 aromatic rings. The van der Waals surface area contributed by atoms with E-state index in [2.05, 4.69) is 15.5 Å². The molecule has 1 saturated heterocycles. The van der Waals surface area contributed by atoms with Crippen molar-refractivity contribution in [2.75, 3.05) is 50.5 Å². The summed E-state index contributed by atoms with van der Waals surface area (Å²) in [4.78, 5) is 15.5. The molecule has 0 aliphatic carbocycles. The van der Waals surface area contributed by atoms with Crippen molar-refractivity contribution in [2.45, 2.75) is 0 Å². The van der Waals surface area contributed by atoms with Crippen LogP contribution in [0.2, 0.25) is 0 Å². The van der Waals surface area contributed by atoms with Gasteiger partial charge >= 0.3 is 0 Å². The molecule has 2 aromatic carbocycles. The Morgan fingerprint density at radius 1 is 1.14 bits per heavy atom. The van der Waals surface area contributed by atoms with Crippen molar-refractivity contribution in [1.82, 2.24) is 4.90 Å². The van der Waals surface area contributed by atoms with Gasteiger partial charge in [0.15, 0.2) is 11.7 Å². The fraction of sp³-hybridized carbons (Fsp3) is 0.300. The number of thiocarbonyl (C=S) groups is 1. The molecule has 0 radical (unpaired) electrons. The van der Waals surface area contributed by atoms with Crippen molar-refractivity contribution in [3.8, 4) is 5.75 Å². The number of methoxy groups -OCH3 is 1. The summed E-state index contributed by atoms with van der Waals surface area (Å²) in [6.45, 7) is 3.55. The van der Waals surface area contributed by atoms with Crippen LogP contribution in [-0.2, 0) is 4.79 Å². The van der Waals surface area contributed by atoms with Gasteiger partial charge < -0.3 is 25.2 Å². The lowest BCUT2D eigenvalue weighted by molar-refractivity contribution is -0.895. The van der Waals surface area contributed by atoms with E-state index < -0.39 is 0 Å². The number of piperazine rings is 1. The van der Waals surface area contributed by atoms with E-state index in [9.17, 15) is 9.18 Å². The lowest BCUT2D eigenvalue weighted by Gasteiger charge is -2.33. The topological polar surface area (TPSA) is 58.0 Å². The summed E-state index contributed by atoms with van der Waals surface area (Å²) < 4.78 is 18.2. The first kappa shape index (κ1) is 20.0. The van der Waals surface area contributed by atoms with E-state index in [-0.39, 0.29) is 11.7 Å². The number of hydrogen-bond donors (Lipinski definition) is 3. The van der Waals surface area contributed by atoms with E-state index >= 15 is 0 Å². The molecular weight excluding hydrogens is 379 g/mol. The Morgan fingerprint density at radius 2 is 1.86 bits per heavy atom. The highest BCUT2D eigenvalue weighted by Crippen LogP contribution is 2.17. The van der Waals surface area contributed by atoms with E-state index in [0.29, 0.717) is 17.3 Å². The molecule has 0 aromatic heterocycles. The Bertz CT molecular complexity index is 823. The Balaban J connectivity index is 1.43. The Hall–Kier alpha value is -2.71. The molecule has 0 saturated carbocycles. The fourth-order valence-corrected chi connectivity index (χ4v) is 3.37. The molecule has 0 bridgehead atoms. The molecule has 28 heavy (non-hydrogen) atoms. The van der Waals surface area contributed by atoms with E-state index in [1.807, 2.05) is 24.3 Å². The quantitative estimate of drug-likeness (QED) is 0.659. The van der Waals surface area contributed by atoms with E-state index in [1.165, 1.54) is 17.0 Å². The number of carbonyl (C=O) groups excluding carboxylic acids is 1. The van der Waals surface area contributed by atoms with Crippen molar-refractivity contribution in [2.24, 2.45) is 0 Å². The third kappa shape index (κ3) is 5.64. The number of halogens is 1. The van der Waals surface area contributed by atoms with Crippen LogP contribution in [0.3, 0.4) is 0 Å². The smallest absolute Gasteiger partial charge is 0.279 e. The molecule has 1 aliphatic rings. The van der Waals surface area contributed by atoms with Crippen LogP contribution in [0.15, 0.2) is 48.5 Å². The van der Waals surface area contributed by atoms with E-state index in [1.54, 1.807) is 19.2 Å². The largest absolute Gasteiger partial charge is 0.497 e. The van der Waals surface area contributed by atoms with Crippen LogP contribution >= 0.6 is 12.2 Å². The minimum Gasteiger partial charge on any atom is -0.497 e. The van der Waals surface area contributed by atoms with Gasteiger partial charge in [-0.15, -0.1) is 0 Å². The van der Waals surface area contributed by atoms with Crippen LogP contribution in [-0.4, -0.2) is 55.8 Å². The molecule has 1 aliphatic heterocycles. The van der Waals surface area contributed by atoms with Crippen LogP contribution in [0.25, 0.3) is 0 Å². The Kier molecular flexibility index (Phi) is 6.78. The second-order valence-electron chi connectivity index (χ2n) is 6.63. The first-order chi connectivity index (χ1) is 13.5. The van der Waals surface area contributed by atoms with Gasteiger partial charge in [-0.1, -0.05) is 6.07 Å². The summed E-state index contributed by atoms with van der Waals surface area (Å²) in [5.41, 5.74) is 1.49. The number of hydrogen-bond acceptors (Lipinski definition) is 3. The normalized spacial score (nSPS) is 14.4. The number of amides is 1. The maximum atomic E-state index is 12.9. The number of rotatable bonds is 5. The standard InChI is InChI=1S/C20H23FN4O2S/c1-27-18-4-2-3-17(13-18)23-20(28)25-11-9-24(10-12-25)14-19(26)22-16-7-5-15(21)6-8-16/h2-8,13H,9-12,14H2,1H3,(H,22,26)(H,23,28)/p+1. The lowest BCUT2D eigenvalue weighted by atomic mass is 10.3. The van der Waals surface area contributed by atoms with Gasteiger partial charge in [0, 0.05) is 17.4 Å². The van der Waals surface area contributed by atoms with Crippen molar-refractivity contribution >= 4 is 34.6 Å². The summed E-state index contributed by atoms with van der Waals surface area (Å²) in [6.07, 6.45) is 0. The van der Waals surface area contributed by atoms with Crippen molar-refractivity contribution in [3.05, 3.63) is 54.3 Å². The molecule has 6 nitrogen and oxygen atoms in total. The predicted octanol–water partition coefficient (Wildman–Crippen LogP) is 1.37. The lowest BCUT2D eigenvalue weighted by Crippen LogP contribution is -3.15. The fourth-order valence-electron chi connectivity index (χ4n) is 3.07. The maximum Gasteiger partial charge on any atom is 0.279 e. The number of benzene rings is 2. The zero-order chi connectivity index (χ0) is 19.9. The minimum absolute atomic E-state index is 0.0767. The predicted molar refractivity (Wildman–Crippen MR) is 111 cm³/mol. The van der Waals surface area contributed by atoms with Gasteiger partial charge in [-0.05, 0) is 48.6 Å². The summed E-state index contributed by atoms with van der Waals surface area (Å²) >= 11 is 5.51. The van der Waals surface area contributed by atoms with Crippen LogP contribution < -0.4 is 20.3 Å². The molecule has 3 rings (SSSR count). The van der Waals surface area contributed by atoms with Crippen LogP contribution in [0, 0.1) is 5.82 Å². The molecule has 3 N–H and O–H groups in total. The van der Waals surface area contributed by atoms with Gasteiger partial charge in [-0.2, -0.15) is 0 Å². The average molecular weight is 404 g/mol. The average Bonchev–Trinajstić information content (AvgIpc) is 2.70. The van der Waals surface area contributed by atoms with Crippen LogP contribution in [0.5, 0.6) is 5.75 Å². The summed E-state index contributed by atoms with van der Waals surface area (Å²) in [6, 6.07) is 13.4. The monoisotopic (exact) mass is 403 g/mol. The van der Waals surface area contributed by atoms with Gasteiger partial charge in [0.25, 0.3) is 5.91 Å². The Labute approximate surface area is 169 Å². The summed E-state index contributed by atoms with van der Waals surface area (Å²) in [5, 5.41) is 6.71. The third-order valence-electron chi connectivity index (χ3n) is 4.62. The third-order valence-corrected chi connectivity index (χ3v) is 4.98. The SMILES string of the molecule is COc1cccc(NC(=S)N2CC[NH+](CC(=O)Nc3ccc(F)cc3)CC2)c1. The van der Waals surface area contributed by atoms with E-state index in [0.717, 1.165) is 37.6 Å². The van der Waals surface area contributed by atoms with Crippen molar-refractivity contribution in [3.63, 3.8) is 0 Å². The van der Waals surface area contributed by atoms with Gasteiger partial charge in [-0.25, -0.2) is 4.39 Å². The molecule has 1 fully saturated rings.